The third-order valence-corrected chi connectivity index (χ3v) is 4.15. The Morgan fingerprint density at radius 2 is 1.92 bits per heavy atom. The molecule has 6 nitrogen and oxygen atoms in total. The largest absolute Gasteiger partial charge is 0.465 e. The summed E-state index contributed by atoms with van der Waals surface area (Å²) < 4.78 is 5.27. The zero-order chi connectivity index (χ0) is 18.1. The van der Waals surface area contributed by atoms with Crippen molar-refractivity contribution in [2.75, 3.05) is 45.9 Å². The zero-order valence-electron chi connectivity index (χ0n) is 14.6. The number of esters is 1. The number of benzene rings is 1. The van der Waals surface area contributed by atoms with Crippen LogP contribution in [-0.2, 0) is 14.3 Å². The van der Waals surface area contributed by atoms with Gasteiger partial charge >= 0.3 is 5.97 Å². The lowest BCUT2D eigenvalue weighted by Crippen LogP contribution is -2.51. The van der Waals surface area contributed by atoms with E-state index in [0.29, 0.717) is 39.3 Å². The smallest absolute Gasteiger partial charge is 0.328 e. The molecule has 2 rings (SSSR count). The first-order chi connectivity index (χ1) is 12.2. The van der Waals surface area contributed by atoms with Gasteiger partial charge in [-0.3, -0.25) is 14.6 Å². The molecule has 1 aromatic carbocycles. The molecule has 134 valence electrons. The van der Waals surface area contributed by atoms with Crippen molar-refractivity contribution in [3.05, 3.63) is 35.9 Å². The second-order valence-corrected chi connectivity index (χ2v) is 5.86. The van der Waals surface area contributed by atoms with Gasteiger partial charge in [0.1, 0.15) is 6.04 Å². The van der Waals surface area contributed by atoms with Gasteiger partial charge in [-0.2, -0.15) is 0 Å². The second-order valence-electron chi connectivity index (χ2n) is 5.86. The van der Waals surface area contributed by atoms with Gasteiger partial charge in [-0.25, -0.2) is 4.79 Å². The van der Waals surface area contributed by atoms with Crippen LogP contribution in [0.1, 0.15) is 18.5 Å². The minimum absolute atomic E-state index is 0.0728. The molecule has 1 aliphatic heterocycles. The fourth-order valence-corrected chi connectivity index (χ4v) is 2.94. The molecule has 1 atom stereocenters. The number of terminal acetylenes is 1. The average molecular weight is 343 g/mol. The standard InChI is InChI=1S/C19H25N3O3/c1-3-10-20-17(23)15-21-11-13-22(14-12-21)18(19(24)25-4-2)16-8-6-5-7-9-16/h1,5-9,18H,4,10-15H2,2H3,(H,20,23). The number of hydrogen-bond acceptors (Lipinski definition) is 5. The molecule has 0 aromatic heterocycles. The molecule has 1 saturated heterocycles. The minimum Gasteiger partial charge on any atom is -0.465 e. The van der Waals surface area contributed by atoms with Crippen molar-refractivity contribution < 1.29 is 14.3 Å². The quantitative estimate of drug-likeness (QED) is 0.582. The van der Waals surface area contributed by atoms with E-state index in [-0.39, 0.29) is 18.4 Å². The van der Waals surface area contributed by atoms with Crippen molar-refractivity contribution >= 4 is 11.9 Å². The number of nitrogens with one attached hydrogen (secondary N) is 1. The molecule has 0 aliphatic carbocycles. The lowest BCUT2D eigenvalue weighted by atomic mass is 10.0. The van der Waals surface area contributed by atoms with E-state index in [2.05, 4.69) is 21.0 Å². The molecule has 1 fully saturated rings. The summed E-state index contributed by atoms with van der Waals surface area (Å²) in [5.41, 5.74) is 0.932. The molecule has 1 aromatic rings. The van der Waals surface area contributed by atoms with Crippen LogP contribution < -0.4 is 5.32 Å². The summed E-state index contributed by atoms with van der Waals surface area (Å²) in [6, 6.07) is 9.26. The molecule has 1 unspecified atom stereocenters. The van der Waals surface area contributed by atoms with E-state index in [4.69, 9.17) is 11.2 Å². The predicted molar refractivity (Wildman–Crippen MR) is 95.7 cm³/mol. The van der Waals surface area contributed by atoms with Crippen molar-refractivity contribution in [3.8, 4) is 12.3 Å². The number of hydrogen-bond donors (Lipinski definition) is 1. The van der Waals surface area contributed by atoms with E-state index >= 15 is 0 Å². The first-order valence-corrected chi connectivity index (χ1v) is 8.53. The Kier molecular flexibility index (Phi) is 7.45. The van der Waals surface area contributed by atoms with Crippen molar-refractivity contribution in [3.63, 3.8) is 0 Å². The number of carbonyl (C=O) groups is 2. The molecule has 1 heterocycles. The Morgan fingerprint density at radius 3 is 2.52 bits per heavy atom. The predicted octanol–water partition coefficient (Wildman–Crippen LogP) is 0.658. The summed E-state index contributed by atoms with van der Waals surface area (Å²) in [6.07, 6.45) is 5.14. The lowest BCUT2D eigenvalue weighted by molar-refractivity contribution is -0.151. The van der Waals surface area contributed by atoms with Crippen LogP contribution in [-0.4, -0.2) is 67.6 Å². The van der Waals surface area contributed by atoms with Crippen LogP contribution in [0.25, 0.3) is 0 Å². The van der Waals surface area contributed by atoms with E-state index < -0.39 is 6.04 Å². The summed E-state index contributed by atoms with van der Waals surface area (Å²) in [6.45, 7) is 5.56. The van der Waals surface area contributed by atoms with E-state index in [0.717, 1.165) is 5.56 Å². The first-order valence-electron chi connectivity index (χ1n) is 8.53. The number of ether oxygens (including phenoxy) is 1. The maximum atomic E-state index is 12.5. The summed E-state index contributed by atoms with van der Waals surface area (Å²) >= 11 is 0. The number of piperazine rings is 1. The molecular formula is C19H25N3O3. The molecule has 0 bridgehead atoms. The van der Waals surface area contributed by atoms with Gasteiger partial charge in [0.15, 0.2) is 0 Å². The maximum absolute atomic E-state index is 12.5. The highest BCUT2D eigenvalue weighted by Crippen LogP contribution is 2.23. The van der Waals surface area contributed by atoms with Gasteiger partial charge in [0.2, 0.25) is 5.91 Å². The Balaban J connectivity index is 1.96. The number of rotatable bonds is 7. The van der Waals surface area contributed by atoms with Crippen LogP contribution in [0.4, 0.5) is 0 Å². The SMILES string of the molecule is C#CCNC(=O)CN1CCN(C(C(=O)OCC)c2ccccc2)CC1. The van der Waals surface area contributed by atoms with Crippen molar-refractivity contribution in [1.29, 1.82) is 0 Å². The van der Waals surface area contributed by atoms with Gasteiger partial charge in [0.25, 0.3) is 0 Å². The lowest BCUT2D eigenvalue weighted by Gasteiger charge is -2.38. The van der Waals surface area contributed by atoms with Crippen LogP contribution in [0, 0.1) is 12.3 Å². The fourth-order valence-electron chi connectivity index (χ4n) is 2.94. The minimum atomic E-state index is -0.404. The summed E-state index contributed by atoms with van der Waals surface area (Å²) in [7, 11) is 0. The number of nitrogens with zero attached hydrogens (tertiary/aromatic N) is 2. The van der Waals surface area contributed by atoms with Crippen LogP contribution in [0.5, 0.6) is 0 Å². The zero-order valence-corrected chi connectivity index (χ0v) is 14.6. The molecule has 6 heteroatoms. The highest BCUT2D eigenvalue weighted by atomic mass is 16.5. The maximum Gasteiger partial charge on any atom is 0.328 e. The van der Waals surface area contributed by atoms with E-state index in [1.165, 1.54) is 0 Å². The summed E-state index contributed by atoms with van der Waals surface area (Å²) in [4.78, 5) is 28.4. The summed E-state index contributed by atoms with van der Waals surface area (Å²) in [5, 5.41) is 2.67. The monoisotopic (exact) mass is 343 g/mol. The first kappa shape index (κ1) is 19.0. The molecule has 0 saturated carbocycles. The molecule has 25 heavy (non-hydrogen) atoms. The number of carbonyl (C=O) groups excluding carboxylic acids is 2. The normalized spacial score (nSPS) is 16.6. The average Bonchev–Trinajstić information content (AvgIpc) is 2.63. The van der Waals surface area contributed by atoms with Crippen molar-refractivity contribution in [1.82, 2.24) is 15.1 Å². The van der Waals surface area contributed by atoms with Crippen molar-refractivity contribution in [2.45, 2.75) is 13.0 Å². The third kappa shape index (κ3) is 5.59. The Morgan fingerprint density at radius 1 is 1.24 bits per heavy atom. The molecule has 1 amide bonds. The Labute approximate surface area is 149 Å². The summed E-state index contributed by atoms with van der Waals surface area (Å²) in [5.74, 6) is 2.09. The highest BCUT2D eigenvalue weighted by Gasteiger charge is 2.31. The molecule has 0 spiro atoms. The molecule has 0 radical (unpaired) electrons. The number of amides is 1. The Hall–Kier alpha value is -2.36. The van der Waals surface area contributed by atoms with Gasteiger partial charge < -0.3 is 10.1 Å². The molecule has 1 aliphatic rings. The van der Waals surface area contributed by atoms with Gasteiger partial charge in [-0.15, -0.1) is 6.42 Å². The van der Waals surface area contributed by atoms with Crippen LogP contribution in [0.2, 0.25) is 0 Å². The van der Waals surface area contributed by atoms with E-state index in [1.807, 2.05) is 37.3 Å². The van der Waals surface area contributed by atoms with Crippen LogP contribution >= 0.6 is 0 Å². The Bertz CT molecular complexity index is 604. The molecule has 1 N–H and O–H groups in total. The molecular weight excluding hydrogens is 318 g/mol. The third-order valence-electron chi connectivity index (χ3n) is 4.15. The second kappa shape index (κ2) is 9.82. The topological polar surface area (TPSA) is 61.9 Å². The fraction of sp³-hybridized carbons (Fsp3) is 0.474. The van der Waals surface area contributed by atoms with Crippen LogP contribution in [0.15, 0.2) is 30.3 Å². The van der Waals surface area contributed by atoms with Gasteiger partial charge in [0, 0.05) is 26.2 Å². The highest BCUT2D eigenvalue weighted by molar-refractivity contribution is 5.78. The van der Waals surface area contributed by atoms with Gasteiger partial charge in [-0.05, 0) is 12.5 Å². The van der Waals surface area contributed by atoms with Gasteiger partial charge in [0.05, 0.1) is 19.7 Å². The van der Waals surface area contributed by atoms with Crippen molar-refractivity contribution in [2.24, 2.45) is 0 Å². The van der Waals surface area contributed by atoms with Crippen LogP contribution in [0.3, 0.4) is 0 Å². The van der Waals surface area contributed by atoms with E-state index in [9.17, 15) is 9.59 Å². The van der Waals surface area contributed by atoms with Gasteiger partial charge in [-0.1, -0.05) is 36.3 Å². The van der Waals surface area contributed by atoms with E-state index in [1.54, 1.807) is 0 Å².